The van der Waals surface area contributed by atoms with Crippen LogP contribution in [0.15, 0.2) is 18.2 Å². The van der Waals surface area contributed by atoms with Crippen LogP contribution in [0.25, 0.3) is 0 Å². The summed E-state index contributed by atoms with van der Waals surface area (Å²) in [5, 5.41) is 19.5. The molecule has 0 aliphatic heterocycles. The van der Waals surface area contributed by atoms with Crippen molar-refractivity contribution < 1.29 is 14.9 Å². The molecule has 3 nitrogen and oxygen atoms in total. The molecule has 1 unspecified atom stereocenters. The molecule has 0 aliphatic rings. The average Bonchev–Trinajstić information content (AvgIpc) is 2.70. The van der Waals surface area contributed by atoms with Gasteiger partial charge in [-0.1, -0.05) is 104 Å². The van der Waals surface area contributed by atoms with Gasteiger partial charge in [0.05, 0.1) is 0 Å². The van der Waals surface area contributed by atoms with Crippen LogP contribution in [0.5, 0.6) is 11.5 Å². The lowest BCUT2D eigenvalue weighted by atomic mass is 9.93. The minimum Gasteiger partial charge on any atom is -0.508 e. The molecular formula is C26H48O3. The van der Waals surface area contributed by atoms with E-state index < -0.39 is 0 Å². The molecule has 0 amide bonds. The van der Waals surface area contributed by atoms with Crippen LogP contribution in [0, 0.1) is 0 Å². The molecule has 0 aromatic heterocycles. The smallest absolute Gasteiger partial charge is 0.119 e. The molecule has 3 heteroatoms. The highest BCUT2D eigenvalue weighted by Crippen LogP contribution is 2.32. The van der Waals surface area contributed by atoms with Gasteiger partial charge in [-0.25, -0.2) is 0 Å². The van der Waals surface area contributed by atoms with Gasteiger partial charge in [0.1, 0.15) is 11.5 Å². The SMILES string of the molecule is CCCCCCCCCCCCCCCCC(C)c1cc(O)ccc1O.COC. The first-order valence-electron chi connectivity index (χ1n) is 12.0. The Morgan fingerprint density at radius 1 is 0.724 bits per heavy atom. The van der Waals surface area contributed by atoms with E-state index in [1.807, 2.05) is 0 Å². The summed E-state index contributed by atoms with van der Waals surface area (Å²) in [6, 6.07) is 4.83. The zero-order valence-electron chi connectivity index (χ0n) is 19.7. The van der Waals surface area contributed by atoms with Crippen molar-refractivity contribution in [1.82, 2.24) is 0 Å². The third kappa shape index (κ3) is 16.3. The van der Waals surface area contributed by atoms with Crippen molar-refractivity contribution in [1.29, 1.82) is 0 Å². The topological polar surface area (TPSA) is 49.7 Å². The van der Waals surface area contributed by atoms with Crippen LogP contribution in [0.1, 0.15) is 122 Å². The fourth-order valence-electron chi connectivity index (χ4n) is 3.74. The molecule has 0 fully saturated rings. The van der Waals surface area contributed by atoms with Crippen molar-refractivity contribution in [2.75, 3.05) is 14.2 Å². The third-order valence-electron chi connectivity index (χ3n) is 5.53. The van der Waals surface area contributed by atoms with Crippen LogP contribution in [0.4, 0.5) is 0 Å². The van der Waals surface area contributed by atoms with Crippen molar-refractivity contribution in [2.45, 2.75) is 116 Å². The summed E-state index contributed by atoms with van der Waals surface area (Å²) in [5.41, 5.74) is 0.875. The number of ether oxygens (including phenoxy) is 1. The fraction of sp³-hybridized carbons (Fsp3) is 0.769. The first-order chi connectivity index (χ1) is 14.1. The maximum Gasteiger partial charge on any atom is 0.119 e. The molecule has 0 saturated carbocycles. The standard InChI is InChI=1S/C24H42O2.C2H6O/c1-3-4-5-6-7-8-9-10-11-12-13-14-15-16-17-21(2)23-20-22(25)18-19-24(23)26;1-3-2/h18-21,25-26H,3-17H2,1-2H3;1-2H3. The Labute approximate surface area is 180 Å². The normalized spacial score (nSPS) is 11.7. The van der Waals surface area contributed by atoms with Crippen molar-refractivity contribution in [3.63, 3.8) is 0 Å². The quantitative estimate of drug-likeness (QED) is 0.213. The van der Waals surface area contributed by atoms with Crippen LogP contribution in [0.2, 0.25) is 0 Å². The molecule has 0 radical (unpaired) electrons. The lowest BCUT2D eigenvalue weighted by Crippen LogP contribution is -1.94. The molecule has 0 heterocycles. The molecule has 1 atom stereocenters. The number of methoxy groups -OCH3 is 1. The number of rotatable bonds is 16. The van der Waals surface area contributed by atoms with E-state index in [0.717, 1.165) is 12.0 Å². The summed E-state index contributed by atoms with van der Waals surface area (Å²) >= 11 is 0. The summed E-state index contributed by atoms with van der Waals surface area (Å²) in [6.07, 6.45) is 20.4. The number of aromatic hydroxyl groups is 2. The van der Waals surface area contributed by atoms with Crippen molar-refractivity contribution in [3.05, 3.63) is 23.8 Å². The van der Waals surface area contributed by atoms with Crippen LogP contribution >= 0.6 is 0 Å². The Kier molecular flexibility index (Phi) is 19.2. The Morgan fingerprint density at radius 2 is 1.14 bits per heavy atom. The predicted octanol–water partition coefficient (Wildman–Crippen LogP) is 8.34. The van der Waals surface area contributed by atoms with Gasteiger partial charge in [0.2, 0.25) is 0 Å². The first-order valence-corrected chi connectivity index (χ1v) is 12.0. The number of unbranched alkanes of at least 4 members (excludes halogenated alkanes) is 13. The van der Waals surface area contributed by atoms with E-state index in [9.17, 15) is 10.2 Å². The van der Waals surface area contributed by atoms with Crippen LogP contribution in [-0.2, 0) is 4.74 Å². The maximum atomic E-state index is 9.91. The molecule has 1 aromatic rings. The third-order valence-corrected chi connectivity index (χ3v) is 5.53. The highest BCUT2D eigenvalue weighted by atomic mass is 16.4. The highest BCUT2D eigenvalue weighted by molar-refractivity contribution is 5.40. The van der Waals surface area contributed by atoms with Gasteiger partial charge in [0, 0.05) is 19.8 Å². The van der Waals surface area contributed by atoms with Gasteiger partial charge in [-0.15, -0.1) is 0 Å². The lowest BCUT2D eigenvalue weighted by molar-refractivity contribution is 0.277. The van der Waals surface area contributed by atoms with E-state index in [4.69, 9.17) is 0 Å². The minimum absolute atomic E-state index is 0.241. The Morgan fingerprint density at radius 3 is 1.59 bits per heavy atom. The molecule has 2 N–H and O–H groups in total. The lowest BCUT2D eigenvalue weighted by Gasteiger charge is -2.13. The van der Waals surface area contributed by atoms with Gasteiger partial charge in [-0.05, 0) is 30.5 Å². The number of hydrogen-bond donors (Lipinski definition) is 2. The Hall–Kier alpha value is -1.22. The molecule has 0 aliphatic carbocycles. The first kappa shape index (κ1) is 27.8. The number of phenols is 2. The molecule has 1 aromatic carbocycles. The summed E-state index contributed by atoms with van der Waals surface area (Å²) in [4.78, 5) is 0. The maximum absolute atomic E-state index is 9.91. The number of hydrogen-bond acceptors (Lipinski definition) is 3. The fourth-order valence-corrected chi connectivity index (χ4v) is 3.74. The van der Waals surface area contributed by atoms with Gasteiger partial charge < -0.3 is 14.9 Å². The van der Waals surface area contributed by atoms with Crippen molar-refractivity contribution in [2.24, 2.45) is 0 Å². The summed E-state index contributed by atoms with van der Waals surface area (Å²) in [5.74, 6) is 0.852. The van der Waals surface area contributed by atoms with Gasteiger partial charge in [-0.3, -0.25) is 0 Å². The molecule has 0 bridgehead atoms. The van der Waals surface area contributed by atoms with E-state index in [1.165, 1.54) is 96.0 Å². The van der Waals surface area contributed by atoms with Gasteiger partial charge in [0.25, 0.3) is 0 Å². The second-order valence-corrected chi connectivity index (χ2v) is 8.44. The Balaban J connectivity index is 0.00000245. The zero-order valence-corrected chi connectivity index (χ0v) is 19.7. The molecule has 1 rings (SSSR count). The molecular weight excluding hydrogens is 360 g/mol. The van der Waals surface area contributed by atoms with Crippen LogP contribution < -0.4 is 0 Å². The predicted molar refractivity (Wildman–Crippen MR) is 126 cm³/mol. The largest absolute Gasteiger partial charge is 0.508 e. The van der Waals surface area contributed by atoms with Crippen molar-refractivity contribution >= 4 is 0 Å². The van der Waals surface area contributed by atoms with Gasteiger partial charge >= 0.3 is 0 Å². The second-order valence-electron chi connectivity index (χ2n) is 8.44. The molecule has 29 heavy (non-hydrogen) atoms. The molecule has 170 valence electrons. The molecule has 0 spiro atoms. The van der Waals surface area contributed by atoms with E-state index in [-0.39, 0.29) is 5.75 Å². The average molecular weight is 409 g/mol. The monoisotopic (exact) mass is 408 g/mol. The second kappa shape index (κ2) is 20.1. The van der Waals surface area contributed by atoms with E-state index in [0.29, 0.717) is 11.7 Å². The van der Waals surface area contributed by atoms with Gasteiger partial charge in [-0.2, -0.15) is 0 Å². The minimum atomic E-state index is 0.241. The summed E-state index contributed by atoms with van der Waals surface area (Å²) in [6.45, 7) is 4.41. The van der Waals surface area contributed by atoms with E-state index in [2.05, 4.69) is 18.6 Å². The zero-order chi connectivity index (χ0) is 21.7. The van der Waals surface area contributed by atoms with Crippen LogP contribution in [0.3, 0.4) is 0 Å². The Bertz CT molecular complexity index is 473. The van der Waals surface area contributed by atoms with Crippen molar-refractivity contribution in [3.8, 4) is 11.5 Å². The van der Waals surface area contributed by atoms with E-state index >= 15 is 0 Å². The summed E-state index contributed by atoms with van der Waals surface area (Å²) in [7, 11) is 3.25. The van der Waals surface area contributed by atoms with Gasteiger partial charge in [0.15, 0.2) is 0 Å². The highest BCUT2D eigenvalue weighted by Gasteiger charge is 2.11. The van der Waals surface area contributed by atoms with Crippen LogP contribution in [-0.4, -0.2) is 24.4 Å². The molecule has 0 saturated heterocycles. The summed E-state index contributed by atoms with van der Waals surface area (Å²) < 4.78 is 4.25. The number of benzene rings is 1. The van der Waals surface area contributed by atoms with E-state index in [1.54, 1.807) is 26.4 Å². The number of phenolic OH excluding ortho intramolecular Hbond substituents is 2.